The number of thiol groups is 1. The Balaban J connectivity index is 3.56. The molecule has 4 heteroatoms. The van der Waals surface area contributed by atoms with Crippen LogP contribution in [-0.4, -0.2) is 37.8 Å². The molecule has 62 valence electrons. The minimum Gasteiger partial charge on any atom is -0.364 e. The number of nitrogens with zero attached hydrogens (tertiary/aromatic N) is 1. The van der Waals surface area contributed by atoms with Crippen LogP contribution < -0.4 is 5.32 Å². The first-order valence-corrected chi connectivity index (χ1v) is 3.79. The van der Waals surface area contributed by atoms with Gasteiger partial charge in [-0.3, -0.25) is 0 Å². The number of nitrogens with one attached hydrogen (secondary N) is 1. The zero-order valence-corrected chi connectivity index (χ0v) is 7.69. The highest BCUT2D eigenvalue weighted by molar-refractivity contribution is 7.77. The van der Waals surface area contributed by atoms with E-state index in [1.54, 1.807) is 7.11 Å². The standard InChI is InChI=1S/C6H16N2OS/c1-4-8(10)6(9-3)5-7-2/h6-7,10H,4-5H2,1-3H3. The van der Waals surface area contributed by atoms with E-state index in [9.17, 15) is 0 Å². The molecule has 0 saturated heterocycles. The monoisotopic (exact) mass is 164 g/mol. The fraction of sp³-hybridized carbons (Fsp3) is 1.00. The molecule has 1 unspecified atom stereocenters. The van der Waals surface area contributed by atoms with Crippen molar-refractivity contribution in [1.82, 2.24) is 9.62 Å². The summed E-state index contributed by atoms with van der Waals surface area (Å²) in [7, 11) is 3.57. The molecule has 1 N–H and O–H groups in total. The molecule has 0 aromatic heterocycles. The molecule has 0 heterocycles. The van der Waals surface area contributed by atoms with Crippen molar-refractivity contribution >= 4 is 12.8 Å². The summed E-state index contributed by atoms with van der Waals surface area (Å²) in [5.74, 6) is 0. The predicted molar refractivity (Wildman–Crippen MR) is 46.1 cm³/mol. The maximum atomic E-state index is 5.13. The average Bonchev–Trinajstić information content (AvgIpc) is 1.99. The largest absolute Gasteiger partial charge is 0.364 e. The summed E-state index contributed by atoms with van der Waals surface area (Å²) >= 11 is 4.21. The van der Waals surface area contributed by atoms with Gasteiger partial charge in [0.15, 0.2) is 0 Å². The maximum absolute atomic E-state index is 5.13. The second-order valence-corrected chi connectivity index (χ2v) is 2.52. The summed E-state index contributed by atoms with van der Waals surface area (Å²) in [6.45, 7) is 3.71. The zero-order valence-electron chi connectivity index (χ0n) is 6.79. The second kappa shape index (κ2) is 5.97. The van der Waals surface area contributed by atoms with E-state index in [2.05, 4.69) is 18.1 Å². The fourth-order valence-corrected chi connectivity index (χ4v) is 0.865. The fourth-order valence-electron chi connectivity index (χ4n) is 0.689. The highest BCUT2D eigenvalue weighted by Gasteiger charge is 2.10. The van der Waals surface area contributed by atoms with E-state index in [-0.39, 0.29) is 6.23 Å². The first kappa shape index (κ1) is 10.2. The molecule has 10 heavy (non-hydrogen) atoms. The van der Waals surface area contributed by atoms with Crippen LogP contribution in [-0.2, 0) is 4.74 Å². The van der Waals surface area contributed by atoms with E-state index in [0.29, 0.717) is 0 Å². The Morgan fingerprint density at radius 2 is 2.30 bits per heavy atom. The van der Waals surface area contributed by atoms with Crippen molar-refractivity contribution in [3.8, 4) is 0 Å². The Kier molecular flexibility index (Phi) is 6.11. The number of hydrogen-bond donors (Lipinski definition) is 2. The van der Waals surface area contributed by atoms with E-state index >= 15 is 0 Å². The molecule has 0 aliphatic heterocycles. The topological polar surface area (TPSA) is 24.5 Å². The predicted octanol–water partition coefficient (Wildman–Crippen LogP) is 0.345. The number of methoxy groups -OCH3 is 1. The van der Waals surface area contributed by atoms with E-state index < -0.39 is 0 Å². The van der Waals surface area contributed by atoms with Gasteiger partial charge in [-0.2, -0.15) is 0 Å². The lowest BCUT2D eigenvalue weighted by Crippen LogP contribution is -2.37. The first-order chi connectivity index (χ1) is 4.76. The minimum absolute atomic E-state index is 0.0679. The summed E-state index contributed by atoms with van der Waals surface area (Å²) in [6.07, 6.45) is 0.0679. The lowest BCUT2D eigenvalue weighted by Gasteiger charge is -2.23. The summed E-state index contributed by atoms with van der Waals surface area (Å²) in [4.78, 5) is 0. The molecular formula is C6H16N2OS. The molecule has 0 aliphatic carbocycles. The lowest BCUT2D eigenvalue weighted by molar-refractivity contribution is 0.0267. The van der Waals surface area contributed by atoms with E-state index in [1.165, 1.54) is 0 Å². The second-order valence-electron chi connectivity index (χ2n) is 2.00. The molecule has 0 aromatic carbocycles. The Morgan fingerprint density at radius 3 is 2.60 bits per heavy atom. The van der Waals surface area contributed by atoms with Crippen molar-refractivity contribution < 1.29 is 4.74 Å². The van der Waals surface area contributed by atoms with Gasteiger partial charge in [0.05, 0.1) is 0 Å². The minimum atomic E-state index is 0.0679. The maximum Gasteiger partial charge on any atom is 0.131 e. The normalized spacial score (nSPS) is 14.1. The van der Waals surface area contributed by atoms with Gasteiger partial charge in [-0.05, 0) is 7.05 Å². The third kappa shape index (κ3) is 3.41. The summed E-state index contributed by atoms with van der Waals surface area (Å²) in [5, 5.41) is 3.02. The van der Waals surface area contributed by atoms with Crippen molar-refractivity contribution in [2.75, 3.05) is 27.2 Å². The van der Waals surface area contributed by atoms with Crippen molar-refractivity contribution in [1.29, 1.82) is 0 Å². The molecule has 0 aromatic rings. The average molecular weight is 164 g/mol. The number of hydrogen-bond acceptors (Lipinski definition) is 4. The van der Waals surface area contributed by atoms with Crippen molar-refractivity contribution in [3.05, 3.63) is 0 Å². The third-order valence-corrected chi connectivity index (χ3v) is 1.85. The van der Waals surface area contributed by atoms with Crippen LogP contribution in [0.1, 0.15) is 6.92 Å². The molecule has 0 spiro atoms. The van der Waals surface area contributed by atoms with E-state index in [0.717, 1.165) is 13.1 Å². The molecule has 0 saturated carbocycles. The molecule has 0 fully saturated rings. The summed E-state index contributed by atoms with van der Waals surface area (Å²) in [5.41, 5.74) is 0. The highest BCUT2D eigenvalue weighted by atomic mass is 32.1. The lowest BCUT2D eigenvalue weighted by atomic mass is 10.5. The van der Waals surface area contributed by atoms with Gasteiger partial charge < -0.3 is 10.1 Å². The van der Waals surface area contributed by atoms with E-state index in [4.69, 9.17) is 4.74 Å². The van der Waals surface area contributed by atoms with Gasteiger partial charge in [0.2, 0.25) is 0 Å². The molecule has 0 rings (SSSR count). The van der Waals surface area contributed by atoms with Crippen LogP contribution in [0.15, 0.2) is 0 Å². The highest BCUT2D eigenvalue weighted by Crippen LogP contribution is 2.01. The Bertz CT molecular complexity index is 82.1. The van der Waals surface area contributed by atoms with Crippen LogP contribution in [0.5, 0.6) is 0 Å². The molecule has 0 aliphatic rings. The third-order valence-electron chi connectivity index (χ3n) is 1.31. The van der Waals surface area contributed by atoms with Crippen molar-refractivity contribution in [2.24, 2.45) is 0 Å². The quantitative estimate of drug-likeness (QED) is 0.453. The van der Waals surface area contributed by atoms with Crippen molar-refractivity contribution in [3.63, 3.8) is 0 Å². The van der Waals surface area contributed by atoms with Crippen LogP contribution in [0.4, 0.5) is 0 Å². The Labute approximate surface area is 68.3 Å². The van der Waals surface area contributed by atoms with Crippen LogP contribution >= 0.6 is 12.8 Å². The van der Waals surface area contributed by atoms with Crippen molar-refractivity contribution in [2.45, 2.75) is 13.2 Å². The molecule has 0 bridgehead atoms. The number of rotatable bonds is 5. The molecule has 1 atom stereocenters. The summed E-state index contributed by atoms with van der Waals surface area (Å²) in [6, 6.07) is 0. The molecule has 0 amide bonds. The van der Waals surface area contributed by atoms with Crippen LogP contribution in [0.2, 0.25) is 0 Å². The van der Waals surface area contributed by atoms with E-state index in [1.807, 2.05) is 18.3 Å². The van der Waals surface area contributed by atoms with Crippen LogP contribution in [0.3, 0.4) is 0 Å². The summed E-state index contributed by atoms with van der Waals surface area (Å²) < 4.78 is 6.97. The van der Waals surface area contributed by atoms with Gasteiger partial charge >= 0.3 is 0 Å². The van der Waals surface area contributed by atoms with Gasteiger partial charge in [0, 0.05) is 20.2 Å². The molecular weight excluding hydrogens is 148 g/mol. The molecule has 3 nitrogen and oxygen atoms in total. The molecule has 0 radical (unpaired) electrons. The van der Waals surface area contributed by atoms with Gasteiger partial charge in [-0.25, -0.2) is 4.31 Å². The Morgan fingerprint density at radius 1 is 1.70 bits per heavy atom. The first-order valence-electron chi connectivity index (χ1n) is 3.39. The van der Waals surface area contributed by atoms with Gasteiger partial charge in [-0.15, -0.1) is 0 Å². The Hall–Kier alpha value is 0.230. The number of likely N-dealkylation sites (N-methyl/N-ethyl adjacent to an activating group) is 2. The zero-order chi connectivity index (χ0) is 7.98. The SMILES string of the molecule is CCN(S)C(CNC)OC. The van der Waals surface area contributed by atoms with Gasteiger partial charge in [0.25, 0.3) is 0 Å². The van der Waals surface area contributed by atoms with Crippen LogP contribution in [0, 0.1) is 0 Å². The van der Waals surface area contributed by atoms with Crippen LogP contribution in [0.25, 0.3) is 0 Å². The number of ether oxygens (including phenoxy) is 1. The smallest absolute Gasteiger partial charge is 0.131 e. The van der Waals surface area contributed by atoms with Gasteiger partial charge in [-0.1, -0.05) is 19.7 Å². The van der Waals surface area contributed by atoms with Gasteiger partial charge in [0.1, 0.15) is 6.23 Å².